The van der Waals surface area contributed by atoms with Crippen LogP contribution in [0.2, 0.25) is 0 Å². The number of carbonyl (C=O) groups is 2. The molecule has 0 aliphatic carbocycles. The summed E-state index contributed by atoms with van der Waals surface area (Å²) in [5.41, 5.74) is 0.683. The van der Waals surface area contributed by atoms with Crippen LogP contribution in [0.1, 0.15) is 16.8 Å². The fraction of sp³-hybridized carbons (Fsp3) is 0.143. The van der Waals surface area contributed by atoms with E-state index in [4.69, 9.17) is 5.11 Å². The molecule has 0 spiro atoms. The minimum Gasteiger partial charge on any atom is -0.481 e. The summed E-state index contributed by atoms with van der Waals surface area (Å²) in [6.45, 7) is 0.191. The van der Waals surface area contributed by atoms with Crippen molar-refractivity contribution in [3.63, 3.8) is 0 Å². The second kappa shape index (κ2) is 7.11. The maximum Gasteiger partial charge on any atom is 0.305 e. The second-order valence-corrected chi connectivity index (χ2v) is 4.33. The van der Waals surface area contributed by atoms with Crippen molar-refractivity contribution in [1.29, 1.82) is 0 Å². The van der Waals surface area contributed by atoms with Crippen LogP contribution in [0, 0.1) is 5.82 Å². The van der Waals surface area contributed by atoms with E-state index in [0.717, 1.165) is 0 Å². The number of nitrogens with one attached hydrogen (secondary N) is 2. The van der Waals surface area contributed by atoms with E-state index in [1.165, 1.54) is 36.7 Å². The molecule has 0 saturated heterocycles. The number of carbonyl (C=O) groups excluding carboxylic acids is 1. The lowest BCUT2D eigenvalue weighted by molar-refractivity contribution is -0.136. The molecule has 2 rings (SSSR count). The average molecular weight is 304 g/mol. The van der Waals surface area contributed by atoms with Crippen LogP contribution in [-0.2, 0) is 4.79 Å². The predicted octanol–water partition coefficient (Wildman–Crippen LogP) is 1.75. The zero-order valence-corrected chi connectivity index (χ0v) is 11.4. The number of hydrogen-bond acceptors (Lipinski definition) is 5. The van der Waals surface area contributed by atoms with E-state index in [9.17, 15) is 14.0 Å². The Morgan fingerprint density at radius 1 is 1.14 bits per heavy atom. The normalized spacial score (nSPS) is 10.0. The Kier molecular flexibility index (Phi) is 4.97. The Morgan fingerprint density at radius 2 is 1.77 bits per heavy atom. The zero-order chi connectivity index (χ0) is 15.9. The molecule has 2 aromatic rings. The topological polar surface area (TPSA) is 104 Å². The molecule has 0 aliphatic heterocycles. The molecule has 7 nitrogen and oxygen atoms in total. The number of carboxylic acids is 1. The lowest BCUT2D eigenvalue weighted by Crippen LogP contribution is -2.14. The predicted molar refractivity (Wildman–Crippen MR) is 77.1 cm³/mol. The van der Waals surface area contributed by atoms with Crippen LogP contribution in [0.3, 0.4) is 0 Å². The SMILES string of the molecule is O=C(O)CCNc1ncc(C(=O)Nc2ccc(F)cc2)cn1. The van der Waals surface area contributed by atoms with Gasteiger partial charge in [-0.05, 0) is 24.3 Å². The second-order valence-electron chi connectivity index (χ2n) is 4.33. The van der Waals surface area contributed by atoms with Crippen LogP contribution in [0.5, 0.6) is 0 Å². The highest BCUT2D eigenvalue weighted by Gasteiger charge is 2.08. The van der Waals surface area contributed by atoms with Crippen molar-refractivity contribution in [1.82, 2.24) is 9.97 Å². The van der Waals surface area contributed by atoms with E-state index in [1.54, 1.807) is 0 Å². The number of hydrogen-bond donors (Lipinski definition) is 3. The molecule has 1 amide bonds. The van der Waals surface area contributed by atoms with Gasteiger partial charge in [-0.2, -0.15) is 0 Å². The van der Waals surface area contributed by atoms with Crippen molar-refractivity contribution in [3.05, 3.63) is 48.0 Å². The van der Waals surface area contributed by atoms with Crippen LogP contribution < -0.4 is 10.6 Å². The van der Waals surface area contributed by atoms with Gasteiger partial charge in [-0.3, -0.25) is 9.59 Å². The standard InChI is InChI=1S/C14H13FN4O3/c15-10-1-3-11(4-2-10)19-13(22)9-7-17-14(18-8-9)16-6-5-12(20)21/h1-4,7-8H,5-6H2,(H,19,22)(H,20,21)(H,16,17,18). The maximum absolute atomic E-state index is 12.8. The van der Waals surface area contributed by atoms with E-state index in [-0.39, 0.29) is 24.5 Å². The molecule has 0 bridgehead atoms. The first kappa shape index (κ1) is 15.4. The van der Waals surface area contributed by atoms with Crippen LogP contribution in [-0.4, -0.2) is 33.5 Å². The van der Waals surface area contributed by atoms with Crippen LogP contribution >= 0.6 is 0 Å². The third kappa shape index (κ3) is 4.51. The molecule has 0 radical (unpaired) electrons. The summed E-state index contributed by atoms with van der Waals surface area (Å²) >= 11 is 0. The number of benzene rings is 1. The molecule has 0 fully saturated rings. The lowest BCUT2D eigenvalue weighted by Gasteiger charge is -2.06. The number of aliphatic carboxylic acids is 1. The number of rotatable bonds is 6. The molecule has 114 valence electrons. The average Bonchev–Trinajstić information content (AvgIpc) is 2.50. The largest absolute Gasteiger partial charge is 0.481 e. The van der Waals surface area contributed by atoms with Gasteiger partial charge in [-0.1, -0.05) is 0 Å². The third-order valence-electron chi connectivity index (χ3n) is 2.64. The van der Waals surface area contributed by atoms with Gasteiger partial charge in [0.2, 0.25) is 5.95 Å². The molecule has 22 heavy (non-hydrogen) atoms. The first-order valence-corrected chi connectivity index (χ1v) is 6.39. The van der Waals surface area contributed by atoms with Crippen molar-refractivity contribution in [2.24, 2.45) is 0 Å². The quantitative estimate of drug-likeness (QED) is 0.751. The van der Waals surface area contributed by atoms with Gasteiger partial charge < -0.3 is 15.7 Å². The third-order valence-corrected chi connectivity index (χ3v) is 2.64. The summed E-state index contributed by atoms with van der Waals surface area (Å²) in [6.07, 6.45) is 2.57. The van der Waals surface area contributed by atoms with Gasteiger partial charge in [-0.25, -0.2) is 14.4 Å². The molecule has 1 aromatic heterocycles. The molecule has 1 aromatic carbocycles. The zero-order valence-electron chi connectivity index (χ0n) is 11.4. The molecule has 3 N–H and O–H groups in total. The van der Waals surface area contributed by atoms with Gasteiger partial charge in [0.1, 0.15) is 5.82 Å². The molecule has 0 atom stereocenters. The minimum absolute atomic E-state index is 0.0594. The van der Waals surface area contributed by atoms with Gasteiger partial charge in [0.15, 0.2) is 0 Å². The summed E-state index contributed by atoms with van der Waals surface area (Å²) in [4.78, 5) is 30.1. The van der Waals surface area contributed by atoms with Gasteiger partial charge in [-0.15, -0.1) is 0 Å². The van der Waals surface area contributed by atoms with Crippen LogP contribution in [0.15, 0.2) is 36.7 Å². The highest BCUT2D eigenvalue weighted by atomic mass is 19.1. The van der Waals surface area contributed by atoms with E-state index in [2.05, 4.69) is 20.6 Å². The smallest absolute Gasteiger partial charge is 0.305 e. The molecule has 0 aliphatic rings. The first-order chi connectivity index (χ1) is 10.5. The van der Waals surface area contributed by atoms with E-state index >= 15 is 0 Å². The Hall–Kier alpha value is -3.03. The summed E-state index contributed by atoms with van der Waals surface area (Å²) in [7, 11) is 0. The molecule has 8 heteroatoms. The maximum atomic E-state index is 12.8. The molecular formula is C14H13FN4O3. The summed E-state index contributed by atoms with van der Waals surface area (Å²) < 4.78 is 12.8. The molecule has 0 unspecified atom stereocenters. The number of carboxylic acid groups (broad SMARTS) is 1. The lowest BCUT2D eigenvalue weighted by atomic mass is 10.2. The highest BCUT2D eigenvalue weighted by Crippen LogP contribution is 2.10. The van der Waals surface area contributed by atoms with E-state index < -0.39 is 17.7 Å². The van der Waals surface area contributed by atoms with Crippen molar-refractivity contribution in [2.45, 2.75) is 6.42 Å². The first-order valence-electron chi connectivity index (χ1n) is 6.39. The van der Waals surface area contributed by atoms with Crippen LogP contribution in [0.4, 0.5) is 16.0 Å². The monoisotopic (exact) mass is 304 g/mol. The minimum atomic E-state index is -0.928. The van der Waals surface area contributed by atoms with E-state index in [0.29, 0.717) is 5.69 Å². The number of aromatic nitrogens is 2. The molecular weight excluding hydrogens is 291 g/mol. The van der Waals surface area contributed by atoms with Gasteiger partial charge in [0.25, 0.3) is 5.91 Å². The van der Waals surface area contributed by atoms with E-state index in [1.807, 2.05) is 0 Å². The van der Waals surface area contributed by atoms with Gasteiger partial charge in [0.05, 0.1) is 12.0 Å². The fourth-order valence-corrected chi connectivity index (χ4v) is 1.55. The highest BCUT2D eigenvalue weighted by molar-refractivity contribution is 6.03. The Bertz CT molecular complexity index is 659. The number of amides is 1. The van der Waals surface area contributed by atoms with Crippen molar-refractivity contribution in [3.8, 4) is 0 Å². The van der Waals surface area contributed by atoms with Crippen molar-refractivity contribution < 1.29 is 19.1 Å². The summed E-state index contributed by atoms with van der Waals surface area (Å²) in [5, 5.41) is 13.8. The number of halogens is 1. The summed E-state index contributed by atoms with van der Waals surface area (Å²) in [5.74, 6) is -1.51. The Balaban J connectivity index is 1.93. The Morgan fingerprint density at radius 3 is 2.36 bits per heavy atom. The molecule has 1 heterocycles. The number of nitrogens with zero attached hydrogens (tertiary/aromatic N) is 2. The van der Waals surface area contributed by atoms with Gasteiger partial charge >= 0.3 is 5.97 Å². The summed E-state index contributed by atoms with van der Waals surface area (Å²) in [6, 6.07) is 5.36. The number of anilines is 2. The van der Waals surface area contributed by atoms with Crippen molar-refractivity contribution >= 4 is 23.5 Å². The fourth-order valence-electron chi connectivity index (χ4n) is 1.55. The Labute approximate surface area is 125 Å². The molecule has 0 saturated carbocycles. The van der Waals surface area contributed by atoms with Gasteiger partial charge in [0, 0.05) is 24.6 Å². The van der Waals surface area contributed by atoms with Crippen LogP contribution in [0.25, 0.3) is 0 Å². The van der Waals surface area contributed by atoms with Crippen molar-refractivity contribution in [2.75, 3.05) is 17.2 Å².